The standard InChI is InChI=1S/C13H14N2O5/c16-12(14-19-7-8-4-2-1-3-5-8)10-11-9(20-11)6-15(10)13(17)18/h1-5,9-11H,6-7H2,(H,14,16)(H,17,18). The van der Waals surface area contributed by atoms with Gasteiger partial charge in [0.05, 0.1) is 13.2 Å². The number of ether oxygens (including phenoxy) is 1. The predicted octanol–water partition coefficient (Wildman–Crippen LogP) is 0.364. The van der Waals surface area contributed by atoms with Gasteiger partial charge in [0.1, 0.15) is 18.2 Å². The van der Waals surface area contributed by atoms with Crippen LogP contribution in [0.1, 0.15) is 5.56 Å². The Bertz CT molecular complexity index is 521. The van der Waals surface area contributed by atoms with Crippen LogP contribution in [-0.2, 0) is 21.0 Å². The van der Waals surface area contributed by atoms with E-state index in [1.54, 1.807) is 0 Å². The first kappa shape index (κ1) is 12.9. The van der Waals surface area contributed by atoms with Gasteiger partial charge in [-0.15, -0.1) is 0 Å². The fourth-order valence-corrected chi connectivity index (χ4v) is 2.38. The molecule has 1 aromatic rings. The van der Waals surface area contributed by atoms with Crippen LogP contribution in [0.5, 0.6) is 0 Å². The number of amides is 2. The van der Waals surface area contributed by atoms with E-state index in [1.165, 1.54) is 0 Å². The third-order valence-electron chi connectivity index (χ3n) is 3.41. The van der Waals surface area contributed by atoms with Crippen LogP contribution in [0.25, 0.3) is 0 Å². The number of morpholine rings is 1. The van der Waals surface area contributed by atoms with Crippen LogP contribution in [0.2, 0.25) is 0 Å². The number of hydrogen-bond donors (Lipinski definition) is 2. The molecule has 2 fully saturated rings. The van der Waals surface area contributed by atoms with Crippen LogP contribution in [0.15, 0.2) is 30.3 Å². The van der Waals surface area contributed by atoms with E-state index < -0.39 is 18.0 Å². The second-order valence-corrected chi connectivity index (χ2v) is 4.76. The molecule has 2 N–H and O–H groups in total. The SMILES string of the molecule is O=C(NOCc1ccccc1)C1C2OC2CN1C(=O)O. The molecule has 0 bridgehead atoms. The summed E-state index contributed by atoms with van der Waals surface area (Å²) in [7, 11) is 0. The van der Waals surface area contributed by atoms with Crippen LogP contribution < -0.4 is 5.48 Å². The number of carboxylic acid groups (broad SMARTS) is 1. The molecule has 106 valence electrons. The summed E-state index contributed by atoms with van der Waals surface area (Å²) in [4.78, 5) is 29.2. The summed E-state index contributed by atoms with van der Waals surface area (Å²) in [5.74, 6) is -0.492. The van der Waals surface area contributed by atoms with Crippen LogP contribution in [0, 0.1) is 0 Å². The molecule has 2 aliphatic heterocycles. The first-order chi connectivity index (χ1) is 9.66. The number of hydroxylamine groups is 1. The van der Waals surface area contributed by atoms with Gasteiger partial charge in [0, 0.05) is 0 Å². The number of carbonyl (C=O) groups excluding carboxylic acids is 1. The van der Waals surface area contributed by atoms with Crippen molar-refractivity contribution in [2.75, 3.05) is 6.54 Å². The molecule has 7 nitrogen and oxygen atoms in total. The van der Waals surface area contributed by atoms with Crippen molar-refractivity contribution < 1.29 is 24.3 Å². The average Bonchev–Trinajstić information content (AvgIpc) is 3.10. The van der Waals surface area contributed by atoms with Crippen LogP contribution in [0.4, 0.5) is 4.79 Å². The maximum absolute atomic E-state index is 12.0. The molecule has 3 unspecified atom stereocenters. The molecular weight excluding hydrogens is 264 g/mol. The van der Waals surface area contributed by atoms with Crippen molar-refractivity contribution in [2.24, 2.45) is 0 Å². The van der Waals surface area contributed by atoms with Gasteiger partial charge in [-0.05, 0) is 5.56 Å². The lowest BCUT2D eigenvalue weighted by molar-refractivity contribution is -0.140. The minimum Gasteiger partial charge on any atom is -0.465 e. The zero-order valence-corrected chi connectivity index (χ0v) is 10.6. The molecule has 2 heterocycles. The molecule has 3 rings (SSSR count). The monoisotopic (exact) mass is 278 g/mol. The zero-order chi connectivity index (χ0) is 14.1. The normalized spacial score (nSPS) is 27.0. The van der Waals surface area contributed by atoms with Gasteiger partial charge < -0.3 is 9.84 Å². The van der Waals surface area contributed by atoms with E-state index in [0.717, 1.165) is 10.5 Å². The second kappa shape index (κ2) is 5.10. The van der Waals surface area contributed by atoms with Crippen molar-refractivity contribution in [2.45, 2.75) is 24.9 Å². The predicted molar refractivity (Wildman–Crippen MR) is 66.6 cm³/mol. The summed E-state index contributed by atoms with van der Waals surface area (Å²) < 4.78 is 5.21. The Morgan fingerprint density at radius 3 is 2.85 bits per heavy atom. The number of nitrogens with zero attached hydrogens (tertiary/aromatic N) is 1. The number of fused-ring (bicyclic) bond motifs is 1. The van der Waals surface area contributed by atoms with Gasteiger partial charge in [0.25, 0.3) is 5.91 Å². The minimum absolute atomic E-state index is 0.157. The van der Waals surface area contributed by atoms with Crippen molar-refractivity contribution in [3.63, 3.8) is 0 Å². The highest BCUT2D eigenvalue weighted by atomic mass is 16.7. The lowest BCUT2D eigenvalue weighted by Crippen LogP contribution is -2.49. The van der Waals surface area contributed by atoms with Crippen molar-refractivity contribution in [1.29, 1.82) is 0 Å². The molecule has 20 heavy (non-hydrogen) atoms. The molecule has 2 aliphatic rings. The largest absolute Gasteiger partial charge is 0.465 e. The zero-order valence-electron chi connectivity index (χ0n) is 10.6. The van der Waals surface area contributed by atoms with Gasteiger partial charge >= 0.3 is 6.09 Å². The Balaban J connectivity index is 1.53. The molecule has 2 saturated heterocycles. The summed E-state index contributed by atoms with van der Waals surface area (Å²) in [6.45, 7) is 0.456. The van der Waals surface area contributed by atoms with Crippen LogP contribution in [-0.4, -0.2) is 46.8 Å². The molecule has 0 radical (unpaired) electrons. The molecule has 3 atom stereocenters. The first-order valence-corrected chi connectivity index (χ1v) is 6.27. The minimum atomic E-state index is -1.12. The van der Waals surface area contributed by atoms with E-state index in [1.807, 2.05) is 30.3 Å². The maximum Gasteiger partial charge on any atom is 0.408 e. The van der Waals surface area contributed by atoms with Gasteiger partial charge in [-0.25, -0.2) is 10.3 Å². The van der Waals surface area contributed by atoms with Gasteiger partial charge in [-0.2, -0.15) is 0 Å². The number of epoxide rings is 1. The Labute approximate surface area is 115 Å². The number of hydrogen-bond acceptors (Lipinski definition) is 4. The molecule has 0 aliphatic carbocycles. The Kier molecular flexibility index (Phi) is 3.29. The van der Waals surface area contributed by atoms with Gasteiger partial charge in [0.15, 0.2) is 0 Å². The van der Waals surface area contributed by atoms with E-state index in [9.17, 15) is 9.59 Å². The van der Waals surface area contributed by atoms with Gasteiger partial charge in [0.2, 0.25) is 0 Å². The third kappa shape index (κ3) is 2.45. The molecule has 1 aromatic carbocycles. The van der Waals surface area contributed by atoms with E-state index in [2.05, 4.69) is 5.48 Å². The smallest absolute Gasteiger partial charge is 0.408 e. The van der Waals surface area contributed by atoms with Crippen LogP contribution in [0.3, 0.4) is 0 Å². The maximum atomic E-state index is 12.0. The molecule has 0 aromatic heterocycles. The number of likely N-dealkylation sites (tertiary alicyclic amines) is 1. The van der Waals surface area contributed by atoms with Gasteiger partial charge in [-0.3, -0.25) is 14.5 Å². The fraction of sp³-hybridized carbons (Fsp3) is 0.385. The molecule has 0 saturated carbocycles. The summed E-state index contributed by atoms with van der Waals surface area (Å²) in [5.41, 5.74) is 3.20. The van der Waals surface area contributed by atoms with Crippen molar-refractivity contribution >= 4 is 12.0 Å². The average molecular weight is 278 g/mol. The Morgan fingerprint density at radius 1 is 1.40 bits per heavy atom. The second-order valence-electron chi connectivity index (χ2n) is 4.76. The van der Waals surface area contributed by atoms with Gasteiger partial charge in [-0.1, -0.05) is 30.3 Å². The summed E-state index contributed by atoms with van der Waals surface area (Å²) in [6, 6.07) is 8.53. The highest BCUT2D eigenvalue weighted by Crippen LogP contribution is 2.36. The highest BCUT2D eigenvalue weighted by Gasteiger charge is 2.59. The number of rotatable bonds is 4. The first-order valence-electron chi connectivity index (χ1n) is 6.27. The van der Waals surface area contributed by atoms with Crippen molar-refractivity contribution in [1.82, 2.24) is 10.4 Å². The summed E-state index contributed by atoms with van der Waals surface area (Å²) in [5, 5.41) is 9.02. The molecule has 2 amide bonds. The summed E-state index contributed by atoms with van der Waals surface area (Å²) >= 11 is 0. The van der Waals surface area contributed by atoms with E-state index in [-0.39, 0.29) is 25.4 Å². The van der Waals surface area contributed by atoms with Crippen molar-refractivity contribution in [3.8, 4) is 0 Å². The lowest BCUT2D eigenvalue weighted by atomic mass is 10.2. The number of benzene rings is 1. The fourth-order valence-electron chi connectivity index (χ4n) is 2.38. The van der Waals surface area contributed by atoms with Crippen LogP contribution >= 0.6 is 0 Å². The van der Waals surface area contributed by atoms with E-state index >= 15 is 0 Å². The molecular formula is C13H14N2O5. The Morgan fingerprint density at radius 2 is 2.15 bits per heavy atom. The molecule has 0 spiro atoms. The molecule has 7 heteroatoms. The lowest BCUT2D eigenvalue weighted by Gasteiger charge is -2.22. The summed E-state index contributed by atoms with van der Waals surface area (Å²) in [6.07, 6.45) is -1.62. The van der Waals surface area contributed by atoms with E-state index in [4.69, 9.17) is 14.7 Å². The topological polar surface area (TPSA) is 91.4 Å². The number of carbonyl (C=O) groups is 2. The quantitative estimate of drug-likeness (QED) is 0.613. The van der Waals surface area contributed by atoms with E-state index in [0.29, 0.717) is 0 Å². The van der Waals surface area contributed by atoms with Crippen molar-refractivity contribution in [3.05, 3.63) is 35.9 Å². The Hall–Kier alpha value is -2.12. The highest BCUT2D eigenvalue weighted by molar-refractivity contribution is 5.86. The third-order valence-corrected chi connectivity index (χ3v) is 3.41. The number of nitrogens with one attached hydrogen (secondary N) is 1.